The number of benzene rings is 1. The molecule has 1 aliphatic rings. The van der Waals surface area contributed by atoms with E-state index in [1.54, 1.807) is 0 Å². The summed E-state index contributed by atoms with van der Waals surface area (Å²) in [7, 11) is 3.94. The van der Waals surface area contributed by atoms with Crippen LogP contribution in [0.4, 0.5) is 11.4 Å². The molecule has 21 heavy (non-hydrogen) atoms. The maximum Gasteiger partial charge on any atom is 0.238 e. The van der Waals surface area contributed by atoms with Crippen molar-refractivity contribution in [3.05, 3.63) is 22.7 Å². The lowest BCUT2D eigenvalue weighted by molar-refractivity contribution is -0.117. The summed E-state index contributed by atoms with van der Waals surface area (Å²) < 4.78 is 0.961. The highest BCUT2D eigenvalue weighted by atomic mass is 79.9. The van der Waals surface area contributed by atoms with Crippen molar-refractivity contribution in [1.82, 2.24) is 10.2 Å². The van der Waals surface area contributed by atoms with Crippen molar-refractivity contribution in [3.63, 3.8) is 0 Å². The van der Waals surface area contributed by atoms with Crippen molar-refractivity contribution in [2.75, 3.05) is 57.0 Å². The van der Waals surface area contributed by atoms with Gasteiger partial charge in [0.25, 0.3) is 0 Å². The predicted octanol–water partition coefficient (Wildman–Crippen LogP) is 1.75. The average molecular weight is 355 g/mol. The van der Waals surface area contributed by atoms with E-state index in [2.05, 4.69) is 31.5 Å². The summed E-state index contributed by atoms with van der Waals surface area (Å²) >= 11 is 3.46. The van der Waals surface area contributed by atoms with Crippen LogP contribution in [0.5, 0.6) is 0 Å². The van der Waals surface area contributed by atoms with Crippen LogP contribution >= 0.6 is 15.9 Å². The van der Waals surface area contributed by atoms with E-state index < -0.39 is 0 Å². The fourth-order valence-electron chi connectivity index (χ4n) is 2.45. The van der Waals surface area contributed by atoms with Crippen molar-refractivity contribution in [2.45, 2.75) is 6.42 Å². The first-order valence-electron chi connectivity index (χ1n) is 7.26. The van der Waals surface area contributed by atoms with Crippen LogP contribution in [0.25, 0.3) is 0 Å². The molecular weight excluding hydrogens is 332 g/mol. The Hall–Kier alpha value is -1.11. The maximum absolute atomic E-state index is 12.3. The number of hydrogen-bond donors (Lipinski definition) is 2. The first-order chi connectivity index (χ1) is 10.1. The fraction of sp³-hybridized carbons (Fsp3) is 0.533. The summed E-state index contributed by atoms with van der Waals surface area (Å²) in [6, 6.07) is 5.91. The molecule has 0 saturated carbocycles. The normalized spacial score (nSPS) is 16.3. The molecule has 1 fully saturated rings. The van der Waals surface area contributed by atoms with Crippen molar-refractivity contribution in [1.29, 1.82) is 0 Å². The molecule has 1 aromatic rings. The van der Waals surface area contributed by atoms with Crippen molar-refractivity contribution >= 4 is 33.2 Å². The van der Waals surface area contributed by atoms with E-state index in [0.717, 1.165) is 48.4 Å². The van der Waals surface area contributed by atoms with Crippen LogP contribution in [0.15, 0.2) is 22.7 Å². The van der Waals surface area contributed by atoms with Gasteiger partial charge in [-0.1, -0.05) is 15.9 Å². The molecule has 0 atom stereocenters. The predicted molar refractivity (Wildman–Crippen MR) is 91.0 cm³/mol. The van der Waals surface area contributed by atoms with Crippen molar-refractivity contribution in [3.8, 4) is 0 Å². The van der Waals surface area contributed by atoms with E-state index in [9.17, 15) is 4.79 Å². The highest BCUT2D eigenvalue weighted by Crippen LogP contribution is 2.27. The van der Waals surface area contributed by atoms with Gasteiger partial charge in [0.2, 0.25) is 5.91 Å². The highest BCUT2D eigenvalue weighted by Gasteiger charge is 2.14. The molecule has 1 aromatic carbocycles. The summed E-state index contributed by atoms with van der Waals surface area (Å²) in [6.07, 6.45) is 1.09. The third kappa shape index (κ3) is 4.98. The Morgan fingerprint density at radius 2 is 2.19 bits per heavy atom. The fourth-order valence-corrected chi connectivity index (χ4v) is 2.81. The zero-order valence-electron chi connectivity index (χ0n) is 12.7. The lowest BCUT2D eigenvalue weighted by Gasteiger charge is -2.21. The number of rotatable bonds is 4. The second-order valence-corrected chi connectivity index (χ2v) is 6.40. The molecule has 0 unspecified atom stereocenters. The molecule has 1 amide bonds. The molecule has 2 rings (SSSR count). The van der Waals surface area contributed by atoms with Crippen LogP contribution in [0, 0.1) is 0 Å². The van der Waals surface area contributed by atoms with Gasteiger partial charge in [-0.25, -0.2) is 0 Å². The number of halogens is 1. The Balaban J connectivity index is 2.00. The van der Waals surface area contributed by atoms with Gasteiger partial charge in [-0.3, -0.25) is 9.69 Å². The molecule has 0 aliphatic carbocycles. The number of nitrogens with one attached hydrogen (secondary N) is 2. The molecule has 0 radical (unpaired) electrons. The van der Waals surface area contributed by atoms with Crippen LogP contribution in [-0.2, 0) is 4.79 Å². The Kier molecular flexibility index (Phi) is 6.02. The van der Waals surface area contributed by atoms with Crippen LogP contribution in [-0.4, -0.2) is 57.6 Å². The van der Waals surface area contributed by atoms with Gasteiger partial charge in [0.05, 0.1) is 17.9 Å². The summed E-state index contributed by atoms with van der Waals surface area (Å²) in [4.78, 5) is 16.5. The molecule has 2 N–H and O–H groups in total. The quantitative estimate of drug-likeness (QED) is 0.864. The monoisotopic (exact) mass is 354 g/mol. The van der Waals surface area contributed by atoms with E-state index in [1.165, 1.54) is 0 Å². The lowest BCUT2D eigenvalue weighted by atomic mass is 10.2. The van der Waals surface area contributed by atoms with Gasteiger partial charge in [-0.05, 0) is 37.7 Å². The molecule has 1 saturated heterocycles. The van der Waals surface area contributed by atoms with Crippen LogP contribution < -0.4 is 15.5 Å². The van der Waals surface area contributed by atoms with Crippen LogP contribution in [0.3, 0.4) is 0 Å². The Labute approximate surface area is 134 Å². The van der Waals surface area contributed by atoms with Gasteiger partial charge in [-0.2, -0.15) is 0 Å². The zero-order chi connectivity index (χ0) is 15.2. The molecule has 1 heterocycles. The van der Waals surface area contributed by atoms with Gasteiger partial charge in [0, 0.05) is 31.7 Å². The summed E-state index contributed by atoms with van der Waals surface area (Å²) in [5, 5.41) is 6.37. The largest absolute Gasteiger partial charge is 0.376 e. The minimum absolute atomic E-state index is 0.0399. The number of carbonyl (C=O) groups excluding carboxylic acids is 1. The van der Waals surface area contributed by atoms with Crippen LogP contribution in [0.2, 0.25) is 0 Å². The minimum Gasteiger partial charge on any atom is -0.376 e. The summed E-state index contributed by atoms with van der Waals surface area (Å²) in [5.41, 5.74) is 1.84. The topological polar surface area (TPSA) is 47.6 Å². The maximum atomic E-state index is 12.3. The number of anilines is 2. The number of amides is 1. The standard InChI is InChI=1S/C15H23BrN4O/c1-19(2)14-5-4-12(16)10-13(14)18-15(21)11-20-8-3-6-17-7-9-20/h4-5,10,17H,3,6-9,11H2,1-2H3,(H,18,21). The van der Waals surface area contributed by atoms with Gasteiger partial charge in [-0.15, -0.1) is 0 Å². The highest BCUT2D eigenvalue weighted by molar-refractivity contribution is 9.10. The van der Waals surface area contributed by atoms with E-state index in [4.69, 9.17) is 0 Å². The van der Waals surface area contributed by atoms with Gasteiger partial charge in [0.15, 0.2) is 0 Å². The molecule has 116 valence electrons. The van der Waals surface area contributed by atoms with Gasteiger partial charge < -0.3 is 15.5 Å². The summed E-state index contributed by atoms with van der Waals surface area (Å²) in [6.45, 7) is 4.33. The molecule has 5 nitrogen and oxygen atoms in total. The van der Waals surface area contributed by atoms with Gasteiger partial charge >= 0.3 is 0 Å². The Bertz CT molecular complexity index is 485. The first-order valence-corrected chi connectivity index (χ1v) is 8.05. The molecular formula is C15H23BrN4O. The van der Waals surface area contributed by atoms with Crippen molar-refractivity contribution in [2.24, 2.45) is 0 Å². The smallest absolute Gasteiger partial charge is 0.238 e. The third-order valence-electron chi connectivity index (χ3n) is 3.51. The van der Waals surface area contributed by atoms with E-state index >= 15 is 0 Å². The van der Waals surface area contributed by atoms with E-state index in [1.807, 2.05) is 37.2 Å². The Morgan fingerprint density at radius 1 is 1.38 bits per heavy atom. The molecule has 0 bridgehead atoms. The van der Waals surface area contributed by atoms with Crippen molar-refractivity contribution < 1.29 is 4.79 Å². The molecule has 6 heteroatoms. The number of nitrogens with zero attached hydrogens (tertiary/aromatic N) is 2. The number of hydrogen-bond acceptors (Lipinski definition) is 4. The van der Waals surface area contributed by atoms with Gasteiger partial charge in [0.1, 0.15) is 0 Å². The molecule has 0 spiro atoms. The van der Waals surface area contributed by atoms with E-state index in [0.29, 0.717) is 6.54 Å². The molecule has 1 aliphatic heterocycles. The first kappa shape index (κ1) is 16.3. The number of carbonyl (C=O) groups is 1. The second kappa shape index (κ2) is 7.77. The Morgan fingerprint density at radius 3 is 2.95 bits per heavy atom. The van der Waals surface area contributed by atoms with Crippen LogP contribution in [0.1, 0.15) is 6.42 Å². The van der Waals surface area contributed by atoms with E-state index in [-0.39, 0.29) is 5.91 Å². The minimum atomic E-state index is 0.0399. The molecule has 0 aromatic heterocycles. The third-order valence-corrected chi connectivity index (χ3v) is 4.01. The average Bonchev–Trinajstić information content (AvgIpc) is 2.66. The zero-order valence-corrected chi connectivity index (χ0v) is 14.2. The second-order valence-electron chi connectivity index (χ2n) is 5.48. The lowest BCUT2D eigenvalue weighted by Crippen LogP contribution is -2.35. The summed E-state index contributed by atoms with van der Waals surface area (Å²) in [5.74, 6) is 0.0399. The SMILES string of the molecule is CN(C)c1ccc(Br)cc1NC(=O)CN1CCCNCC1.